The van der Waals surface area contributed by atoms with Gasteiger partial charge in [-0.2, -0.15) is 5.26 Å². The molecule has 0 aliphatic rings. The number of rotatable bonds is 8. The molecular formula is C15H20N2O. The fraction of sp³-hybridized carbons (Fsp3) is 0.400. The number of anilines is 1. The Labute approximate surface area is 109 Å². The van der Waals surface area contributed by atoms with Crippen molar-refractivity contribution in [2.75, 3.05) is 18.0 Å². The molecular weight excluding hydrogens is 224 g/mol. The number of nitrogens with zero attached hydrogens (tertiary/aromatic N) is 2. The second kappa shape index (κ2) is 8.32. The van der Waals surface area contributed by atoms with Gasteiger partial charge in [0.25, 0.3) is 0 Å². The first-order valence-electron chi connectivity index (χ1n) is 6.24. The van der Waals surface area contributed by atoms with Gasteiger partial charge in [0.15, 0.2) is 0 Å². The Morgan fingerprint density at radius 3 is 2.72 bits per heavy atom. The minimum Gasteiger partial charge on any atom is -0.391 e. The first-order chi connectivity index (χ1) is 8.77. The van der Waals surface area contributed by atoms with Crippen LogP contribution in [0, 0.1) is 11.3 Å². The van der Waals surface area contributed by atoms with E-state index in [1.165, 1.54) is 0 Å². The molecule has 0 fully saturated rings. The van der Waals surface area contributed by atoms with Crippen LogP contribution in [-0.4, -0.2) is 24.3 Å². The molecule has 0 heterocycles. The third-order valence-corrected chi connectivity index (χ3v) is 2.75. The maximum absolute atomic E-state index is 9.94. The van der Waals surface area contributed by atoms with Crippen LogP contribution in [0.25, 0.3) is 0 Å². The zero-order valence-corrected chi connectivity index (χ0v) is 10.6. The van der Waals surface area contributed by atoms with E-state index in [2.05, 4.69) is 17.5 Å². The number of allylic oxidation sites excluding steroid dienone is 1. The van der Waals surface area contributed by atoms with Gasteiger partial charge in [0.1, 0.15) is 0 Å². The van der Waals surface area contributed by atoms with Crippen LogP contribution in [0.3, 0.4) is 0 Å². The monoisotopic (exact) mass is 244 g/mol. The molecule has 1 aromatic carbocycles. The predicted molar refractivity (Wildman–Crippen MR) is 74.3 cm³/mol. The third-order valence-electron chi connectivity index (χ3n) is 2.75. The van der Waals surface area contributed by atoms with Crippen LogP contribution < -0.4 is 4.90 Å². The molecule has 18 heavy (non-hydrogen) atoms. The summed E-state index contributed by atoms with van der Waals surface area (Å²) >= 11 is 0. The van der Waals surface area contributed by atoms with Gasteiger partial charge in [-0.25, -0.2) is 0 Å². The SMILES string of the molecule is C=CCCC(O)CN(CCC#N)c1ccccc1. The van der Waals surface area contributed by atoms with Gasteiger partial charge in [0.2, 0.25) is 0 Å². The standard InChI is InChI=1S/C15H20N2O/c1-2-3-10-15(18)13-17(12-7-11-16)14-8-5-4-6-9-14/h2,4-6,8-9,15,18H,1,3,7,10,12-13H2. The minimum atomic E-state index is -0.387. The van der Waals surface area contributed by atoms with Gasteiger partial charge < -0.3 is 10.0 Å². The lowest BCUT2D eigenvalue weighted by Gasteiger charge is -2.26. The Bertz CT molecular complexity index is 383. The van der Waals surface area contributed by atoms with Crippen LogP contribution in [-0.2, 0) is 0 Å². The Morgan fingerprint density at radius 1 is 1.39 bits per heavy atom. The summed E-state index contributed by atoms with van der Waals surface area (Å²) in [5, 5.41) is 18.6. The summed E-state index contributed by atoms with van der Waals surface area (Å²) in [6, 6.07) is 12.0. The topological polar surface area (TPSA) is 47.3 Å². The van der Waals surface area contributed by atoms with Crippen molar-refractivity contribution < 1.29 is 5.11 Å². The molecule has 1 rings (SSSR count). The number of aliphatic hydroxyl groups is 1. The largest absolute Gasteiger partial charge is 0.391 e. The first-order valence-corrected chi connectivity index (χ1v) is 6.24. The van der Waals surface area contributed by atoms with E-state index >= 15 is 0 Å². The normalized spacial score (nSPS) is 11.6. The Hall–Kier alpha value is -1.79. The molecule has 1 N–H and O–H groups in total. The van der Waals surface area contributed by atoms with Gasteiger partial charge in [-0.3, -0.25) is 0 Å². The van der Waals surface area contributed by atoms with Crippen molar-refractivity contribution in [3.63, 3.8) is 0 Å². The van der Waals surface area contributed by atoms with Gasteiger partial charge in [0, 0.05) is 18.8 Å². The van der Waals surface area contributed by atoms with Crippen molar-refractivity contribution in [3.8, 4) is 6.07 Å². The summed E-state index contributed by atoms with van der Waals surface area (Å²) < 4.78 is 0. The second-order valence-electron chi connectivity index (χ2n) is 4.21. The molecule has 0 aliphatic heterocycles. The van der Waals surface area contributed by atoms with Crippen LogP contribution in [0.4, 0.5) is 5.69 Å². The summed E-state index contributed by atoms with van der Waals surface area (Å²) in [6.07, 6.45) is 3.40. The van der Waals surface area contributed by atoms with Crippen molar-refractivity contribution in [1.29, 1.82) is 5.26 Å². The van der Waals surface area contributed by atoms with E-state index < -0.39 is 0 Å². The van der Waals surface area contributed by atoms with Gasteiger partial charge in [0.05, 0.1) is 18.6 Å². The number of para-hydroxylation sites is 1. The van der Waals surface area contributed by atoms with Crippen LogP contribution in [0.1, 0.15) is 19.3 Å². The van der Waals surface area contributed by atoms with Crippen LogP contribution in [0.2, 0.25) is 0 Å². The van der Waals surface area contributed by atoms with E-state index in [0.29, 0.717) is 25.9 Å². The van der Waals surface area contributed by atoms with Gasteiger partial charge in [-0.1, -0.05) is 24.3 Å². The average molecular weight is 244 g/mol. The molecule has 96 valence electrons. The summed E-state index contributed by atoms with van der Waals surface area (Å²) in [5.74, 6) is 0. The Morgan fingerprint density at radius 2 is 2.11 bits per heavy atom. The molecule has 1 atom stereocenters. The third kappa shape index (κ3) is 5.03. The average Bonchev–Trinajstić information content (AvgIpc) is 2.42. The zero-order valence-electron chi connectivity index (χ0n) is 10.6. The molecule has 3 nitrogen and oxygen atoms in total. The van der Waals surface area contributed by atoms with Gasteiger partial charge in [-0.05, 0) is 25.0 Å². The molecule has 1 aromatic rings. The predicted octanol–water partition coefficient (Wildman–Crippen LogP) is 2.73. The molecule has 0 spiro atoms. The maximum Gasteiger partial charge on any atom is 0.0718 e. The summed E-state index contributed by atoms with van der Waals surface area (Å²) in [7, 11) is 0. The van der Waals surface area contributed by atoms with E-state index in [4.69, 9.17) is 5.26 Å². The molecule has 0 bridgehead atoms. The number of benzene rings is 1. The summed E-state index contributed by atoms with van der Waals surface area (Å²) in [4.78, 5) is 2.05. The fourth-order valence-corrected chi connectivity index (χ4v) is 1.81. The van der Waals surface area contributed by atoms with E-state index in [1.807, 2.05) is 36.4 Å². The lowest BCUT2D eigenvalue weighted by molar-refractivity contribution is 0.171. The Balaban J connectivity index is 2.61. The van der Waals surface area contributed by atoms with E-state index in [0.717, 1.165) is 12.1 Å². The van der Waals surface area contributed by atoms with Crippen molar-refractivity contribution in [2.24, 2.45) is 0 Å². The van der Waals surface area contributed by atoms with E-state index in [9.17, 15) is 5.11 Å². The highest BCUT2D eigenvalue weighted by atomic mass is 16.3. The van der Waals surface area contributed by atoms with Crippen LogP contribution >= 0.6 is 0 Å². The van der Waals surface area contributed by atoms with Crippen LogP contribution in [0.15, 0.2) is 43.0 Å². The summed E-state index contributed by atoms with van der Waals surface area (Å²) in [6.45, 7) is 4.85. The molecule has 1 unspecified atom stereocenters. The summed E-state index contributed by atoms with van der Waals surface area (Å²) in [5.41, 5.74) is 1.05. The molecule has 0 aromatic heterocycles. The number of nitriles is 1. The van der Waals surface area contributed by atoms with Crippen molar-refractivity contribution in [1.82, 2.24) is 0 Å². The number of hydrogen-bond acceptors (Lipinski definition) is 3. The molecule has 0 aliphatic carbocycles. The van der Waals surface area contributed by atoms with Crippen LogP contribution in [0.5, 0.6) is 0 Å². The highest BCUT2D eigenvalue weighted by molar-refractivity contribution is 5.46. The molecule has 0 saturated carbocycles. The number of hydrogen-bond donors (Lipinski definition) is 1. The maximum atomic E-state index is 9.94. The fourth-order valence-electron chi connectivity index (χ4n) is 1.81. The quantitative estimate of drug-likeness (QED) is 0.715. The molecule has 0 saturated heterocycles. The smallest absolute Gasteiger partial charge is 0.0718 e. The van der Waals surface area contributed by atoms with E-state index in [1.54, 1.807) is 0 Å². The highest BCUT2D eigenvalue weighted by Gasteiger charge is 2.11. The van der Waals surface area contributed by atoms with Gasteiger partial charge in [-0.15, -0.1) is 6.58 Å². The van der Waals surface area contributed by atoms with Gasteiger partial charge >= 0.3 is 0 Å². The minimum absolute atomic E-state index is 0.387. The first kappa shape index (κ1) is 14.3. The lowest BCUT2D eigenvalue weighted by Crippen LogP contribution is -2.33. The Kier molecular flexibility index (Phi) is 6.60. The second-order valence-corrected chi connectivity index (χ2v) is 4.21. The highest BCUT2D eigenvalue weighted by Crippen LogP contribution is 2.15. The lowest BCUT2D eigenvalue weighted by atomic mass is 10.1. The molecule has 3 heteroatoms. The van der Waals surface area contributed by atoms with Crippen molar-refractivity contribution in [3.05, 3.63) is 43.0 Å². The number of aliphatic hydroxyl groups excluding tert-OH is 1. The van der Waals surface area contributed by atoms with Crippen molar-refractivity contribution in [2.45, 2.75) is 25.4 Å². The zero-order chi connectivity index (χ0) is 13.2. The molecule has 0 amide bonds. The van der Waals surface area contributed by atoms with E-state index in [-0.39, 0.29) is 6.10 Å². The van der Waals surface area contributed by atoms with Crippen molar-refractivity contribution >= 4 is 5.69 Å². The molecule has 0 radical (unpaired) electrons.